The molecule has 0 spiro atoms. The minimum atomic E-state index is -0.225. The largest absolute Gasteiger partial charge is 0.349 e. The Balaban J connectivity index is 2.02. The fraction of sp³-hybridized carbons (Fsp3) is 0.438. The van der Waals surface area contributed by atoms with Crippen molar-refractivity contribution in [3.8, 4) is 0 Å². The van der Waals surface area contributed by atoms with Gasteiger partial charge in [0.2, 0.25) is 11.8 Å². The molecule has 2 atom stereocenters. The van der Waals surface area contributed by atoms with Gasteiger partial charge in [-0.25, -0.2) is 0 Å². The summed E-state index contributed by atoms with van der Waals surface area (Å²) in [5, 5.41) is 5.74. The van der Waals surface area contributed by atoms with E-state index in [4.69, 9.17) is 0 Å². The summed E-state index contributed by atoms with van der Waals surface area (Å²) in [6, 6.07) is 3.57. The quantitative estimate of drug-likeness (QED) is 0.834. The van der Waals surface area contributed by atoms with Gasteiger partial charge in [0.05, 0.1) is 17.8 Å². The number of pyridine rings is 1. The maximum Gasteiger partial charge on any atom is 0.243 e. The molecule has 0 bridgehead atoms. The zero-order valence-electron chi connectivity index (χ0n) is 12.3. The van der Waals surface area contributed by atoms with Gasteiger partial charge in [-0.3, -0.25) is 14.6 Å². The summed E-state index contributed by atoms with van der Waals surface area (Å²) in [7, 11) is 0. The van der Waals surface area contributed by atoms with Crippen molar-refractivity contribution >= 4 is 17.5 Å². The zero-order valence-corrected chi connectivity index (χ0v) is 12.3. The van der Waals surface area contributed by atoms with Crippen LogP contribution >= 0.6 is 0 Å². The van der Waals surface area contributed by atoms with E-state index >= 15 is 0 Å². The number of rotatable bonds is 4. The van der Waals surface area contributed by atoms with Crippen molar-refractivity contribution in [3.05, 3.63) is 36.7 Å². The molecule has 21 heavy (non-hydrogen) atoms. The first-order valence-electron chi connectivity index (χ1n) is 7.26. The molecule has 112 valence electrons. The van der Waals surface area contributed by atoms with Gasteiger partial charge in [-0.05, 0) is 38.0 Å². The molecule has 1 aromatic heterocycles. The molecule has 0 aliphatic heterocycles. The van der Waals surface area contributed by atoms with Crippen LogP contribution in [-0.4, -0.2) is 22.8 Å². The summed E-state index contributed by atoms with van der Waals surface area (Å²) < 4.78 is 0. The van der Waals surface area contributed by atoms with Gasteiger partial charge in [0.25, 0.3) is 0 Å². The van der Waals surface area contributed by atoms with Crippen molar-refractivity contribution in [2.24, 2.45) is 5.92 Å². The van der Waals surface area contributed by atoms with Crippen molar-refractivity contribution in [1.29, 1.82) is 0 Å². The first-order chi connectivity index (χ1) is 10.1. The molecule has 0 radical (unpaired) electrons. The highest BCUT2D eigenvalue weighted by atomic mass is 16.2. The number of anilines is 1. The number of nitrogens with one attached hydrogen (secondary N) is 2. The van der Waals surface area contributed by atoms with Gasteiger partial charge in [0.1, 0.15) is 0 Å². The van der Waals surface area contributed by atoms with Gasteiger partial charge in [-0.1, -0.05) is 19.4 Å². The second-order valence-corrected chi connectivity index (χ2v) is 5.39. The summed E-state index contributed by atoms with van der Waals surface area (Å²) in [6.45, 7) is 5.35. The number of hydrogen-bond donors (Lipinski definition) is 2. The molecule has 0 saturated heterocycles. The third-order valence-corrected chi connectivity index (χ3v) is 3.79. The lowest BCUT2D eigenvalue weighted by atomic mass is 9.83. The third kappa shape index (κ3) is 4.15. The van der Waals surface area contributed by atoms with Gasteiger partial charge >= 0.3 is 0 Å². The zero-order chi connectivity index (χ0) is 15.2. The van der Waals surface area contributed by atoms with Crippen LogP contribution in [0.5, 0.6) is 0 Å². The molecule has 1 fully saturated rings. The van der Waals surface area contributed by atoms with Gasteiger partial charge in [-0.15, -0.1) is 0 Å². The number of nitrogens with zero attached hydrogens (tertiary/aromatic N) is 1. The van der Waals surface area contributed by atoms with E-state index in [1.165, 1.54) is 6.08 Å². The Kier molecular flexibility index (Phi) is 5.09. The number of carbonyl (C=O) groups is 2. The molecule has 5 nitrogen and oxygen atoms in total. The molecule has 1 aromatic rings. The number of aryl methyl sites for hydroxylation is 1. The van der Waals surface area contributed by atoms with Crippen LogP contribution < -0.4 is 10.6 Å². The molecule has 0 unspecified atom stereocenters. The van der Waals surface area contributed by atoms with Gasteiger partial charge in [0, 0.05) is 11.7 Å². The predicted molar refractivity (Wildman–Crippen MR) is 81.7 cm³/mol. The van der Waals surface area contributed by atoms with Crippen LogP contribution in [0.2, 0.25) is 0 Å². The van der Waals surface area contributed by atoms with E-state index in [0.29, 0.717) is 5.69 Å². The van der Waals surface area contributed by atoms with E-state index in [-0.39, 0.29) is 23.8 Å². The highest BCUT2D eigenvalue weighted by molar-refractivity contribution is 5.94. The highest BCUT2D eigenvalue weighted by Crippen LogP contribution is 2.26. The predicted octanol–water partition coefficient (Wildman–Crippen LogP) is 2.19. The van der Waals surface area contributed by atoms with Crippen molar-refractivity contribution in [3.63, 3.8) is 0 Å². The Hall–Kier alpha value is -2.17. The average molecular weight is 287 g/mol. The lowest BCUT2D eigenvalue weighted by molar-refractivity contribution is -0.123. The first kappa shape index (κ1) is 15.2. The molecular formula is C16H21N3O2. The van der Waals surface area contributed by atoms with Crippen LogP contribution in [0, 0.1) is 12.8 Å². The monoisotopic (exact) mass is 287 g/mol. The van der Waals surface area contributed by atoms with Crippen molar-refractivity contribution in [2.75, 3.05) is 5.32 Å². The summed E-state index contributed by atoms with van der Waals surface area (Å²) in [6.07, 6.45) is 6.53. The number of hydrogen-bond acceptors (Lipinski definition) is 3. The summed E-state index contributed by atoms with van der Waals surface area (Å²) >= 11 is 0. The molecule has 1 heterocycles. The van der Waals surface area contributed by atoms with E-state index in [0.717, 1.165) is 31.4 Å². The van der Waals surface area contributed by atoms with Crippen LogP contribution in [0.3, 0.4) is 0 Å². The van der Waals surface area contributed by atoms with Crippen LogP contribution in [0.25, 0.3) is 0 Å². The van der Waals surface area contributed by atoms with Gasteiger partial charge in [-0.2, -0.15) is 0 Å². The Labute approximate surface area is 124 Å². The SMILES string of the molecule is C=CC(=O)N[C@@H]1CCCC[C@@H]1C(=O)Nc1ccc(C)nc1. The Morgan fingerprint density at radius 2 is 2.10 bits per heavy atom. The maximum atomic E-state index is 12.4. The average Bonchev–Trinajstić information content (AvgIpc) is 2.50. The minimum Gasteiger partial charge on any atom is -0.349 e. The summed E-state index contributed by atoms with van der Waals surface area (Å²) in [5.74, 6) is -0.490. The lowest BCUT2D eigenvalue weighted by Gasteiger charge is -2.30. The van der Waals surface area contributed by atoms with E-state index in [9.17, 15) is 9.59 Å². The van der Waals surface area contributed by atoms with Crippen molar-refractivity contribution in [1.82, 2.24) is 10.3 Å². The van der Waals surface area contributed by atoms with Gasteiger partial charge < -0.3 is 10.6 Å². The maximum absolute atomic E-state index is 12.4. The van der Waals surface area contributed by atoms with Gasteiger partial charge in [0.15, 0.2) is 0 Å². The minimum absolute atomic E-state index is 0.0604. The van der Waals surface area contributed by atoms with Crippen LogP contribution in [0.4, 0.5) is 5.69 Å². The topological polar surface area (TPSA) is 71.1 Å². The van der Waals surface area contributed by atoms with Crippen LogP contribution in [0.1, 0.15) is 31.4 Å². The van der Waals surface area contributed by atoms with Crippen LogP contribution in [-0.2, 0) is 9.59 Å². The molecule has 2 amide bonds. The van der Waals surface area contributed by atoms with Crippen LogP contribution in [0.15, 0.2) is 31.0 Å². The van der Waals surface area contributed by atoms with E-state index in [1.807, 2.05) is 19.1 Å². The first-order valence-corrected chi connectivity index (χ1v) is 7.26. The van der Waals surface area contributed by atoms with E-state index < -0.39 is 0 Å². The fourth-order valence-electron chi connectivity index (χ4n) is 2.64. The third-order valence-electron chi connectivity index (χ3n) is 3.79. The molecule has 0 aromatic carbocycles. The smallest absolute Gasteiger partial charge is 0.243 e. The van der Waals surface area contributed by atoms with Crippen molar-refractivity contribution in [2.45, 2.75) is 38.6 Å². The molecule has 1 aliphatic carbocycles. The molecule has 2 N–H and O–H groups in total. The Bertz CT molecular complexity index is 525. The van der Waals surface area contributed by atoms with E-state index in [2.05, 4.69) is 22.2 Å². The number of amides is 2. The fourth-order valence-corrected chi connectivity index (χ4v) is 2.64. The highest BCUT2D eigenvalue weighted by Gasteiger charge is 2.31. The number of aromatic nitrogens is 1. The Morgan fingerprint density at radius 1 is 1.33 bits per heavy atom. The molecule has 5 heteroatoms. The number of carbonyl (C=O) groups excluding carboxylic acids is 2. The molecule has 1 aliphatic rings. The second-order valence-electron chi connectivity index (χ2n) is 5.39. The molecule has 1 saturated carbocycles. The summed E-state index contributed by atoms with van der Waals surface area (Å²) in [4.78, 5) is 28.1. The summed E-state index contributed by atoms with van der Waals surface area (Å²) in [5.41, 5.74) is 1.59. The normalized spacial score (nSPS) is 21.4. The second kappa shape index (κ2) is 7.02. The Morgan fingerprint density at radius 3 is 2.76 bits per heavy atom. The molecule has 2 rings (SSSR count). The van der Waals surface area contributed by atoms with Crippen molar-refractivity contribution < 1.29 is 9.59 Å². The lowest BCUT2D eigenvalue weighted by Crippen LogP contribution is -2.46. The molecular weight excluding hydrogens is 266 g/mol. The van der Waals surface area contributed by atoms with E-state index in [1.54, 1.807) is 6.20 Å². The standard InChI is InChI=1S/C16H21N3O2/c1-3-15(20)19-14-7-5-4-6-13(14)16(21)18-12-9-8-11(2)17-10-12/h3,8-10,13-14H,1,4-7H2,2H3,(H,18,21)(H,19,20)/t13-,14+/m0/s1.